The third-order valence-corrected chi connectivity index (χ3v) is 3.28. The fourth-order valence-corrected chi connectivity index (χ4v) is 2.25. The van der Waals surface area contributed by atoms with Gasteiger partial charge in [-0.3, -0.25) is 0 Å². The molecule has 104 valence electrons. The van der Waals surface area contributed by atoms with Crippen LogP contribution in [0.25, 0.3) is 0 Å². The summed E-state index contributed by atoms with van der Waals surface area (Å²) in [6.07, 6.45) is 1.34. The number of nitriles is 1. The molecule has 1 unspecified atom stereocenters. The van der Waals surface area contributed by atoms with Crippen molar-refractivity contribution in [1.82, 2.24) is 4.90 Å². The molecule has 19 heavy (non-hydrogen) atoms. The van der Waals surface area contributed by atoms with Gasteiger partial charge in [0, 0.05) is 12.5 Å². The highest BCUT2D eigenvalue weighted by molar-refractivity contribution is 5.48. The lowest BCUT2D eigenvalue weighted by Gasteiger charge is -2.26. The molecule has 1 atom stereocenters. The summed E-state index contributed by atoms with van der Waals surface area (Å²) >= 11 is 0. The van der Waals surface area contributed by atoms with Gasteiger partial charge in [-0.15, -0.1) is 0 Å². The molecule has 0 N–H and O–H groups in total. The molecular formula is C15H22N2O2. The fraction of sp³-hybridized carbons (Fsp3) is 0.533. The fourth-order valence-electron chi connectivity index (χ4n) is 2.25. The van der Waals surface area contributed by atoms with Crippen LogP contribution in [0, 0.1) is 18.3 Å². The van der Waals surface area contributed by atoms with Gasteiger partial charge in [0.1, 0.15) is 0 Å². The van der Waals surface area contributed by atoms with Gasteiger partial charge in [-0.1, -0.05) is 0 Å². The van der Waals surface area contributed by atoms with Gasteiger partial charge in [-0.2, -0.15) is 5.26 Å². The quantitative estimate of drug-likeness (QED) is 0.790. The van der Waals surface area contributed by atoms with Crippen LogP contribution in [0.15, 0.2) is 12.1 Å². The molecule has 0 aliphatic carbocycles. The van der Waals surface area contributed by atoms with Crippen LogP contribution < -0.4 is 9.47 Å². The summed E-state index contributed by atoms with van der Waals surface area (Å²) in [6, 6.07) is 6.41. The van der Waals surface area contributed by atoms with Crippen molar-refractivity contribution in [2.45, 2.75) is 25.8 Å². The summed E-state index contributed by atoms with van der Waals surface area (Å²) < 4.78 is 10.7. The molecule has 0 amide bonds. The number of hydrogen-bond donors (Lipinski definition) is 0. The highest BCUT2D eigenvalue weighted by atomic mass is 16.5. The normalized spacial score (nSPS) is 12.1. The number of nitrogens with zero attached hydrogens (tertiary/aromatic N) is 2. The molecular weight excluding hydrogens is 240 g/mol. The molecule has 0 aliphatic rings. The lowest BCUT2D eigenvalue weighted by atomic mass is 9.96. The van der Waals surface area contributed by atoms with Crippen molar-refractivity contribution >= 4 is 0 Å². The van der Waals surface area contributed by atoms with Crippen molar-refractivity contribution in [2.75, 3.05) is 28.3 Å². The van der Waals surface area contributed by atoms with Crippen LogP contribution in [0.3, 0.4) is 0 Å². The molecule has 0 saturated heterocycles. The second-order valence-corrected chi connectivity index (χ2v) is 4.74. The van der Waals surface area contributed by atoms with Gasteiger partial charge in [0.25, 0.3) is 0 Å². The van der Waals surface area contributed by atoms with Crippen molar-refractivity contribution in [3.63, 3.8) is 0 Å². The Morgan fingerprint density at radius 2 is 1.79 bits per heavy atom. The first-order valence-electron chi connectivity index (χ1n) is 6.31. The molecule has 0 radical (unpaired) electrons. The largest absolute Gasteiger partial charge is 0.493 e. The zero-order valence-electron chi connectivity index (χ0n) is 12.4. The van der Waals surface area contributed by atoms with E-state index in [4.69, 9.17) is 14.7 Å². The number of rotatable bonds is 6. The maximum Gasteiger partial charge on any atom is 0.161 e. The average molecular weight is 262 g/mol. The summed E-state index contributed by atoms with van der Waals surface area (Å²) in [6.45, 7) is 2.06. The Bertz CT molecular complexity index is 464. The van der Waals surface area contributed by atoms with E-state index in [2.05, 4.69) is 17.9 Å². The third kappa shape index (κ3) is 3.62. The lowest BCUT2D eigenvalue weighted by molar-refractivity contribution is 0.283. The predicted octanol–water partition coefficient (Wildman–Crippen LogP) is 2.92. The number of hydrogen-bond acceptors (Lipinski definition) is 4. The Balaban J connectivity index is 3.19. The van der Waals surface area contributed by atoms with Crippen LogP contribution in [0.2, 0.25) is 0 Å². The minimum atomic E-state index is 0.208. The van der Waals surface area contributed by atoms with E-state index in [1.54, 1.807) is 14.2 Å². The van der Waals surface area contributed by atoms with Gasteiger partial charge in [0.15, 0.2) is 11.5 Å². The molecule has 0 aliphatic heterocycles. The van der Waals surface area contributed by atoms with E-state index in [0.29, 0.717) is 6.42 Å². The van der Waals surface area contributed by atoms with Crippen molar-refractivity contribution in [3.05, 3.63) is 23.3 Å². The molecule has 1 rings (SSSR count). The molecule has 0 fully saturated rings. The van der Waals surface area contributed by atoms with Crippen molar-refractivity contribution in [3.8, 4) is 17.6 Å². The summed E-state index contributed by atoms with van der Waals surface area (Å²) in [5.41, 5.74) is 2.33. The standard InChI is InChI=1S/C15H22N2O2/c1-11-9-14(18-4)15(19-5)10-12(11)13(17(2)3)7-6-8-16/h9-10,13H,6-7H2,1-5H3. The summed E-state index contributed by atoms with van der Waals surface area (Å²) in [5.74, 6) is 1.47. The second kappa shape index (κ2) is 7.01. The van der Waals surface area contributed by atoms with Crippen molar-refractivity contribution in [1.29, 1.82) is 5.26 Å². The van der Waals surface area contributed by atoms with Crippen LogP contribution in [0.1, 0.15) is 30.0 Å². The molecule has 0 saturated carbocycles. The molecule has 0 spiro atoms. The highest BCUT2D eigenvalue weighted by Crippen LogP contribution is 2.35. The topological polar surface area (TPSA) is 45.5 Å². The first kappa shape index (κ1) is 15.3. The molecule has 1 aromatic rings. The van der Waals surface area contributed by atoms with Crippen LogP contribution in [0.5, 0.6) is 11.5 Å². The Hall–Kier alpha value is -1.73. The van der Waals surface area contributed by atoms with Crippen LogP contribution in [-0.4, -0.2) is 33.2 Å². The Kier molecular flexibility index (Phi) is 5.65. The Labute approximate surface area is 115 Å². The van der Waals surface area contributed by atoms with Gasteiger partial charge >= 0.3 is 0 Å². The van der Waals surface area contributed by atoms with Crippen LogP contribution in [-0.2, 0) is 0 Å². The highest BCUT2D eigenvalue weighted by Gasteiger charge is 2.18. The summed E-state index contributed by atoms with van der Waals surface area (Å²) in [5, 5.41) is 8.78. The SMILES string of the molecule is COc1cc(C)c(C(CCC#N)N(C)C)cc1OC. The molecule has 4 heteroatoms. The van der Waals surface area contributed by atoms with Gasteiger partial charge in [-0.05, 0) is 50.7 Å². The Morgan fingerprint density at radius 3 is 2.26 bits per heavy atom. The van der Waals surface area contributed by atoms with Gasteiger partial charge in [-0.25, -0.2) is 0 Å². The summed E-state index contributed by atoms with van der Waals surface area (Å²) in [4.78, 5) is 2.13. The molecule has 0 aromatic heterocycles. The zero-order valence-corrected chi connectivity index (χ0v) is 12.4. The van der Waals surface area contributed by atoms with Crippen LogP contribution in [0.4, 0.5) is 0 Å². The van der Waals surface area contributed by atoms with E-state index in [-0.39, 0.29) is 6.04 Å². The zero-order chi connectivity index (χ0) is 14.4. The number of ether oxygens (including phenoxy) is 2. The Morgan fingerprint density at radius 1 is 1.21 bits per heavy atom. The second-order valence-electron chi connectivity index (χ2n) is 4.74. The van der Waals surface area contributed by atoms with E-state index >= 15 is 0 Å². The molecule has 0 bridgehead atoms. The first-order valence-corrected chi connectivity index (χ1v) is 6.31. The monoisotopic (exact) mass is 262 g/mol. The van der Waals surface area contributed by atoms with E-state index in [9.17, 15) is 0 Å². The average Bonchev–Trinajstić information content (AvgIpc) is 2.39. The van der Waals surface area contributed by atoms with E-state index in [1.165, 1.54) is 5.56 Å². The van der Waals surface area contributed by atoms with E-state index in [0.717, 1.165) is 23.5 Å². The maximum absolute atomic E-state index is 8.78. The van der Waals surface area contributed by atoms with Crippen molar-refractivity contribution < 1.29 is 9.47 Å². The number of methoxy groups -OCH3 is 2. The lowest BCUT2D eigenvalue weighted by Crippen LogP contribution is -2.20. The molecule has 1 aromatic carbocycles. The van der Waals surface area contributed by atoms with Gasteiger partial charge in [0.2, 0.25) is 0 Å². The first-order chi connectivity index (χ1) is 9.04. The molecule has 0 heterocycles. The summed E-state index contributed by atoms with van der Waals surface area (Å²) in [7, 11) is 7.32. The minimum absolute atomic E-state index is 0.208. The van der Waals surface area contributed by atoms with Gasteiger partial charge < -0.3 is 14.4 Å². The van der Waals surface area contributed by atoms with Crippen LogP contribution >= 0.6 is 0 Å². The maximum atomic E-state index is 8.78. The molecule has 4 nitrogen and oxygen atoms in total. The smallest absolute Gasteiger partial charge is 0.161 e. The number of aryl methyl sites for hydroxylation is 1. The third-order valence-electron chi connectivity index (χ3n) is 3.28. The predicted molar refractivity (Wildman–Crippen MR) is 75.6 cm³/mol. The minimum Gasteiger partial charge on any atom is -0.493 e. The van der Waals surface area contributed by atoms with E-state index < -0.39 is 0 Å². The van der Waals surface area contributed by atoms with Gasteiger partial charge in [0.05, 0.1) is 20.3 Å². The number of benzene rings is 1. The van der Waals surface area contributed by atoms with E-state index in [1.807, 2.05) is 26.2 Å². The van der Waals surface area contributed by atoms with Crippen molar-refractivity contribution in [2.24, 2.45) is 0 Å².